The van der Waals surface area contributed by atoms with Gasteiger partial charge in [-0.25, -0.2) is 0 Å². The maximum atomic E-state index is 11.1. The van der Waals surface area contributed by atoms with Crippen LogP contribution in [-0.2, 0) is 0 Å². The average Bonchev–Trinajstić information content (AvgIpc) is 2.44. The number of fused-ring (bicyclic) bond motifs is 1. The first kappa shape index (κ1) is 14.4. The maximum Gasteiger partial charge on any atom is 0.314 e. The fourth-order valence-electron chi connectivity index (χ4n) is 1.66. The third-order valence-corrected chi connectivity index (χ3v) is 3.19. The Bertz CT molecular complexity index is 516. The number of hydrogen-bond acceptors (Lipinski definition) is 6. The Morgan fingerprint density at radius 3 is 2.55 bits per heavy atom. The molecule has 0 bridgehead atoms. The lowest BCUT2D eigenvalue weighted by molar-refractivity contribution is -0.386. The first-order chi connectivity index (χ1) is 9.43. The molecule has 0 amide bonds. The van der Waals surface area contributed by atoms with Gasteiger partial charge in [0.15, 0.2) is 11.5 Å². The van der Waals surface area contributed by atoms with Crippen LogP contribution in [0.1, 0.15) is 20.3 Å². The molecule has 7 heteroatoms. The number of rotatable bonds is 5. The van der Waals surface area contributed by atoms with Crippen molar-refractivity contribution in [1.82, 2.24) is 0 Å². The van der Waals surface area contributed by atoms with E-state index in [0.717, 1.165) is 0 Å². The summed E-state index contributed by atoms with van der Waals surface area (Å²) in [6.45, 7) is 4.73. The van der Waals surface area contributed by atoms with Gasteiger partial charge in [0.05, 0.1) is 11.0 Å². The minimum Gasteiger partial charge on any atom is -0.486 e. The second-order valence-electron chi connectivity index (χ2n) is 5.02. The van der Waals surface area contributed by atoms with Gasteiger partial charge in [-0.3, -0.25) is 10.1 Å². The Morgan fingerprint density at radius 1 is 1.40 bits per heavy atom. The van der Waals surface area contributed by atoms with Gasteiger partial charge in [-0.1, -0.05) is 6.92 Å². The number of benzene rings is 1. The van der Waals surface area contributed by atoms with E-state index in [9.17, 15) is 10.1 Å². The molecule has 0 saturated carbocycles. The molecule has 1 atom stereocenters. The summed E-state index contributed by atoms with van der Waals surface area (Å²) in [5.41, 5.74) is 5.28. The molecular weight excluding hydrogens is 264 g/mol. The largest absolute Gasteiger partial charge is 0.486 e. The molecule has 2 N–H and O–H groups in total. The first-order valence-electron chi connectivity index (χ1n) is 6.42. The summed E-state index contributed by atoms with van der Waals surface area (Å²) in [6, 6.07) is 2.81. The van der Waals surface area contributed by atoms with Crippen molar-refractivity contribution in [2.24, 2.45) is 5.73 Å². The molecule has 20 heavy (non-hydrogen) atoms. The van der Waals surface area contributed by atoms with E-state index in [-0.39, 0.29) is 18.0 Å². The van der Waals surface area contributed by atoms with Crippen molar-refractivity contribution in [2.45, 2.75) is 25.8 Å². The van der Waals surface area contributed by atoms with E-state index in [1.54, 1.807) is 0 Å². The minimum absolute atomic E-state index is 0.143. The summed E-state index contributed by atoms with van der Waals surface area (Å²) >= 11 is 0. The molecular formula is C13H18N2O5. The van der Waals surface area contributed by atoms with Gasteiger partial charge >= 0.3 is 5.69 Å². The number of hydrogen-bond donors (Lipinski definition) is 1. The predicted molar refractivity (Wildman–Crippen MR) is 72.5 cm³/mol. The lowest BCUT2D eigenvalue weighted by Gasteiger charge is -2.23. The lowest BCUT2D eigenvalue weighted by Crippen LogP contribution is -2.41. The van der Waals surface area contributed by atoms with Crippen molar-refractivity contribution in [1.29, 1.82) is 0 Å². The normalized spacial score (nSPS) is 16.4. The van der Waals surface area contributed by atoms with Gasteiger partial charge in [0.25, 0.3) is 0 Å². The summed E-state index contributed by atoms with van der Waals surface area (Å²) < 4.78 is 16.2. The maximum absolute atomic E-state index is 11.1. The Balaban J connectivity index is 2.28. The van der Waals surface area contributed by atoms with Gasteiger partial charge in [-0.2, -0.15) is 0 Å². The van der Waals surface area contributed by atoms with E-state index in [0.29, 0.717) is 31.1 Å². The van der Waals surface area contributed by atoms with Gasteiger partial charge < -0.3 is 19.9 Å². The first-order valence-corrected chi connectivity index (χ1v) is 6.42. The molecule has 1 aromatic carbocycles. The quantitative estimate of drug-likeness (QED) is 0.654. The van der Waals surface area contributed by atoms with Crippen molar-refractivity contribution >= 4 is 5.69 Å². The Hall–Kier alpha value is -2.02. The zero-order chi connectivity index (χ0) is 14.8. The third-order valence-electron chi connectivity index (χ3n) is 3.19. The van der Waals surface area contributed by atoms with Gasteiger partial charge in [-0.05, 0) is 13.3 Å². The van der Waals surface area contributed by atoms with Crippen LogP contribution in [0, 0.1) is 10.1 Å². The van der Waals surface area contributed by atoms with Crippen LogP contribution in [0.2, 0.25) is 0 Å². The second-order valence-corrected chi connectivity index (χ2v) is 5.02. The molecule has 0 saturated heterocycles. The summed E-state index contributed by atoms with van der Waals surface area (Å²) in [4.78, 5) is 10.6. The van der Waals surface area contributed by atoms with Gasteiger partial charge in [-0.15, -0.1) is 0 Å². The zero-order valence-corrected chi connectivity index (χ0v) is 11.5. The van der Waals surface area contributed by atoms with Crippen molar-refractivity contribution in [3.8, 4) is 17.2 Å². The molecule has 1 aliphatic heterocycles. The summed E-state index contributed by atoms with van der Waals surface area (Å²) in [5, 5.41) is 11.1. The lowest BCUT2D eigenvalue weighted by atomic mass is 10.0. The molecule has 0 fully saturated rings. The standard InChI is InChI=1S/C13H18N2O5/c1-3-13(2,14)8-20-10-7-12-11(18-4-5-19-12)6-9(10)15(16)17/h6-7H,3-5,8,14H2,1-2H3. The average molecular weight is 282 g/mol. The van der Waals surface area contributed by atoms with Crippen molar-refractivity contribution < 1.29 is 19.1 Å². The molecule has 1 aliphatic rings. The van der Waals surface area contributed by atoms with Crippen LogP contribution in [0.3, 0.4) is 0 Å². The number of nitrogens with two attached hydrogens (primary N) is 1. The SMILES string of the molecule is CCC(C)(N)COc1cc2c(cc1[N+](=O)[O-])OCCO2. The number of nitrogens with zero attached hydrogens (tertiary/aromatic N) is 1. The fourth-order valence-corrected chi connectivity index (χ4v) is 1.66. The summed E-state index contributed by atoms with van der Waals surface area (Å²) in [7, 11) is 0. The second kappa shape index (κ2) is 5.54. The van der Waals surface area contributed by atoms with Crippen molar-refractivity contribution in [3.05, 3.63) is 22.2 Å². The van der Waals surface area contributed by atoms with E-state index < -0.39 is 10.5 Å². The summed E-state index contributed by atoms with van der Waals surface area (Å²) in [6.07, 6.45) is 0.700. The Kier molecular flexibility index (Phi) is 3.99. The third kappa shape index (κ3) is 3.11. The van der Waals surface area contributed by atoms with Crippen LogP contribution in [-0.4, -0.2) is 30.3 Å². The monoisotopic (exact) mass is 282 g/mol. The Labute approximate surface area is 116 Å². The molecule has 2 rings (SSSR count). The highest BCUT2D eigenvalue weighted by Crippen LogP contribution is 2.40. The van der Waals surface area contributed by atoms with Crippen LogP contribution in [0.4, 0.5) is 5.69 Å². The molecule has 7 nitrogen and oxygen atoms in total. The smallest absolute Gasteiger partial charge is 0.314 e. The number of ether oxygens (including phenoxy) is 3. The number of nitro groups is 1. The minimum atomic E-state index is -0.541. The van der Waals surface area contributed by atoms with Crippen molar-refractivity contribution in [2.75, 3.05) is 19.8 Å². The van der Waals surface area contributed by atoms with Crippen LogP contribution < -0.4 is 19.9 Å². The van der Waals surface area contributed by atoms with Crippen LogP contribution in [0.25, 0.3) is 0 Å². The van der Waals surface area contributed by atoms with Crippen LogP contribution in [0.15, 0.2) is 12.1 Å². The van der Waals surface area contributed by atoms with E-state index in [1.165, 1.54) is 12.1 Å². The molecule has 0 aliphatic carbocycles. The molecule has 0 spiro atoms. The van der Waals surface area contributed by atoms with Gasteiger partial charge in [0.2, 0.25) is 5.75 Å². The molecule has 0 aromatic heterocycles. The highest BCUT2D eigenvalue weighted by molar-refractivity contribution is 5.58. The molecule has 110 valence electrons. The van der Waals surface area contributed by atoms with Gasteiger partial charge in [0.1, 0.15) is 19.8 Å². The van der Waals surface area contributed by atoms with Crippen molar-refractivity contribution in [3.63, 3.8) is 0 Å². The fraction of sp³-hybridized carbons (Fsp3) is 0.538. The summed E-state index contributed by atoms with van der Waals surface area (Å²) in [5.74, 6) is 0.956. The zero-order valence-electron chi connectivity index (χ0n) is 11.5. The predicted octanol–water partition coefficient (Wildman–Crippen LogP) is 1.87. The van der Waals surface area contributed by atoms with E-state index in [4.69, 9.17) is 19.9 Å². The molecule has 1 unspecified atom stereocenters. The van der Waals surface area contributed by atoms with Gasteiger partial charge in [0, 0.05) is 11.6 Å². The highest BCUT2D eigenvalue weighted by atomic mass is 16.6. The topological polar surface area (TPSA) is 96.9 Å². The molecule has 0 radical (unpaired) electrons. The van der Waals surface area contributed by atoms with Crippen LogP contribution >= 0.6 is 0 Å². The van der Waals surface area contributed by atoms with Crippen LogP contribution in [0.5, 0.6) is 17.2 Å². The number of nitro benzene ring substituents is 1. The van der Waals surface area contributed by atoms with E-state index >= 15 is 0 Å². The van der Waals surface area contributed by atoms with E-state index in [1.807, 2.05) is 13.8 Å². The van der Waals surface area contributed by atoms with E-state index in [2.05, 4.69) is 0 Å². The highest BCUT2D eigenvalue weighted by Gasteiger charge is 2.25. The Morgan fingerprint density at radius 2 is 2.00 bits per heavy atom. The molecule has 1 heterocycles. The molecule has 1 aromatic rings.